The lowest BCUT2D eigenvalue weighted by Gasteiger charge is -2.47. The van der Waals surface area contributed by atoms with Crippen molar-refractivity contribution in [3.63, 3.8) is 0 Å². The van der Waals surface area contributed by atoms with Crippen LogP contribution in [0.25, 0.3) is 5.52 Å². The van der Waals surface area contributed by atoms with E-state index in [1.165, 1.54) is 0 Å². The van der Waals surface area contributed by atoms with Crippen molar-refractivity contribution in [1.29, 1.82) is 0 Å². The maximum Gasteiger partial charge on any atom is 0.311 e. The lowest BCUT2D eigenvalue weighted by molar-refractivity contribution is -0.154. The zero-order chi connectivity index (χ0) is 17.6. The molecule has 2 aromatic heterocycles. The van der Waals surface area contributed by atoms with Crippen LogP contribution in [-0.4, -0.2) is 33.2 Å². The first-order valence-corrected chi connectivity index (χ1v) is 9.40. The molecule has 5 rings (SSSR count). The van der Waals surface area contributed by atoms with Crippen molar-refractivity contribution in [2.24, 2.45) is 17.8 Å². The molecule has 3 aliphatic rings. The largest absolute Gasteiger partial charge is 0.466 e. The van der Waals surface area contributed by atoms with Gasteiger partial charge in [-0.15, -0.1) is 5.10 Å². The highest BCUT2D eigenvalue weighted by Gasteiger charge is 2.48. The van der Waals surface area contributed by atoms with Crippen molar-refractivity contribution in [3.05, 3.63) is 23.1 Å². The average molecular weight is 363 g/mol. The number of hydrogen-bond acceptors (Lipinski definition) is 5. The predicted octanol–water partition coefficient (Wildman–Crippen LogP) is 3.47. The number of aryl methyl sites for hydroxylation is 1. The molecule has 0 saturated heterocycles. The molecule has 1 N–H and O–H groups in total. The first kappa shape index (κ1) is 16.6. The summed E-state index contributed by atoms with van der Waals surface area (Å²) in [5, 5.41) is 7.96. The van der Waals surface area contributed by atoms with Gasteiger partial charge in [0.25, 0.3) is 0 Å². The van der Waals surface area contributed by atoms with Gasteiger partial charge in [0.15, 0.2) is 5.82 Å². The van der Waals surface area contributed by atoms with Gasteiger partial charge in [-0.25, -0.2) is 4.52 Å². The number of ether oxygens (including phenoxy) is 1. The van der Waals surface area contributed by atoms with Gasteiger partial charge in [-0.05, 0) is 74.6 Å². The lowest BCUT2D eigenvalue weighted by Crippen LogP contribution is -2.52. The Morgan fingerprint density at radius 3 is 2.80 bits per heavy atom. The van der Waals surface area contributed by atoms with Gasteiger partial charge in [-0.2, -0.15) is 4.98 Å². The lowest BCUT2D eigenvalue weighted by atomic mass is 9.61. The van der Waals surface area contributed by atoms with Crippen LogP contribution >= 0.6 is 11.6 Å². The van der Waals surface area contributed by atoms with E-state index in [2.05, 4.69) is 15.4 Å². The van der Waals surface area contributed by atoms with Crippen LogP contribution < -0.4 is 5.32 Å². The summed E-state index contributed by atoms with van der Waals surface area (Å²) in [6, 6.07) is 2.07. The van der Waals surface area contributed by atoms with Crippen LogP contribution in [0.3, 0.4) is 0 Å². The SMILES string of the molecule is CCOC(=O)[C@H]1C2CCC(CC2)C1Nc1nc(Cl)nn2cc(C)cc12. The second-order valence-electron chi connectivity index (χ2n) is 7.20. The summed E-state index contributed by atoms with van der Waals surface area (Å²) < 4.78 is 7.12. The molecular weight excluding hydrogens is 340 g/mol. The Kier molecular flexibility index (Phi) is 4.31. The van der Waals surface area contributed by atoms with Gasteiger partial charge in [0.1, 0.15) is 5.52 Å². The van der Waals surface area contributed by atoms with Crippen LogP contribution in [0.1, 0.15) is 38.2 Å². The minimum atomic E-state index is -0.114. The number of nitrogens with zero attached hydrogens (tertiary/aromatic N) is 3. The van der Waals surface area contributed by atoms with Crippen LogP contribution in [0.15, 0.2) is 12.3 Å². The number of nitrogens with one attached hydrogen (secondary N) is 1. The van der Waals surface area contributed by atoms with Crippen LogP contribution in [0, 0.1) is 24.7 Å². The molecule has 3 fully saturated rings. The molecule has 134 valence electrons. The zero-order valence-electron chi connectivity index (χ0n) is 14.5. The molecule has 0 amide bonds. The number of carbonyl (C=O) groups excluding carboxylic acids is 1. The Hall–Kier alpha value is -1.82. The number of carbonyl (C=O) groups is 1. The van der Waals surface area contributed by atoms with E-state index in [0.29, 0.717) is 24.3 Å². The second-order valence-corrected chi connectivity index (χ2v) is 7.54. The van der Waals surface area contributed by atoms with Gasteiger partial charge >= 0.3 is 5.97 Å². The fourth-order valence-electron chi connectivity index (χ4n) is 4.60. The molecular formula is C18H23ClN4O2. The summed E-state index contributed by atoms with van der Waals surface area (Å²) in [6.45, 7) is 4.29. The topological polar surface area (TPSA) is 68.5 Å². The minimum Gasteiger partial charge on any atom is -0.466 e. The molecule has 2 bridgehead atoms. The molecule has 1 unspecified atom stereocenters. The summed E-state index contributed by atoms with van der Waals surface area (Å²) in [6.07, 6.45) is 6.43. The quantitative estimate of drug-likeness (QED) is 0.843. The number of halogens is 1. The third-order valence-electron chi connectivity index (χ3n) is 5.66. The van der Waals surface area contributed by atoms with Crippen LogP contribution in [0.5, 0.6) is 0 Å². The first-order chi connectivity index (χ1) is 12.1. The van der Waals surface area contributed by atoms with Crippen LogP contribution in [-0.2, 0) is 9.53 Å². The van der Waals surface area contributed by atoms with Gasteiger partial charge in [-0.1, -0.05) is 0 Å². The second kappa shape index (κ2) is 6.48. The van der Waals surface area contributed by atoms with E-state index in [-0.39, 0.29) is 23.2 Å². The molecule has 3 saturated carbocycles. The summed E-state index contributed by atoms with van der Waals surface area (Å²) in [5.41, 5.74) is 1.97. The molecule has 0 aromatic carbocycles. The third kappa shape index (κ3) is 2.97. The highest BCUT2D eigenvalue weighted by molar-refractivity contribution is 6.28. The van der Waals surface area contributed by atoms with E-state index in [1.54, 1.807) is 4.52 Å². The number of rotatable bonds is 4. The van der Waals surface area contributed by atoms with E-state index in [4.69, 9.17) is 16.3 Å². The number of esters is 1. The van der Waals surface area contributed by atoms with E-state index < -0.39 is 0 Å². The number of fused-ring (bicyclic) bond motifs is 4. The predicted molar refractivity (Wildman–Crippen MR) is 95.7 cm³/mol. The molecule has 6 nitrogen and oxygen atoms in total. The van der Waals surface area contributed by atoms with E-state index in [0.717, 1.165) is 36.8 Å². The van der Waals surface area contributed by atoms with Gasteiger partial charge in [0, 0.05) is 12.2 Å². The minimum absolute atomic E-state index is 0.0384. The summed E-state index contributed by atoms with van der Waals surface area (Å²) in [4.78, 5) is 17.0. The van der Waals surface area contributed by atoms with Crippen LogP contribution in [0.4, 0.5) is 5.82 Å². The normalized spacial score (nSPS) is 28.3. The standard InChI is InChI=1S/C18H23ClN4O2/c1-3-25-17(24)14-11-4-6-12(7-5-11)15(14)20-16-13-8-10(2)9-23(13)22-18(19)21-16/h8-9,11-12,14-15H,3-7H2,1-2H3,(H,20,21,22)/t11?,12?,14-,15?/m0/s1. The highest BCUT2D eigenvalue weighted by atomic mass is 35.5. The Bertz CT molecular complexity index is 798. The molecule has 3 aliphatic carbocycles. The monoisotopic (exact) mass is 362 g/mol. The molecule has 7 heteroatoms. The van der Waals surface area contributed by atoms with Gasteiger partial charge < -0.3 is 10.1 Å². The maximum atomic E-state index is 12.6. The number of hydrogen-bond donors (Lipinski definition) is 1. The van der Waals surface area contributed by atoms with Crippen molar-refractivity contribution in [1.82, 2.24) is 14.6 Å². The van der Waals surface area contributed by atoms with Crippen molar-refractivity contribution < 1.29 is 9.53 Å². The van der Waals surface area contributed by atoms with E-state index >= 15 is 0 Å². The Balaban J connectivity index is 1.69. The molecule has 2 atom stereocenters. The fourth-order valence-corrected chi connectivity index (χ4v) is 4.77. The fraction of sp³-hybridized carbons (Fsp3) is 0.611. The zero-order valence-corrected chi connectivity index (χ0v) is 15.3. The van der Waals surface area contributed by atoms with Crippen molar-refractivity contribution in [3.8, 4) is 0 Å². The smallest absolute Gasteiger partial charge is 0.311 e. The number of aromatic nitrogens is 3. The van der Waals surface area contributed by atoms with Gasteiger partial charge in [-0.3, -0.25) is 4.79 Å². The molecule has 0 radical (unpaired) electrons. The van der Waals surface area contributed by atoms with Gasteiger partial charge in [0.2, 0.25) is 5.28 Å². The summed E-state index contributed by atoms with van der Waals surface area (Å²) >= 11 is 6.10. The molecule has 2 heterocycles. The van der Waals surface area contributed by atoms with Crippen molar-refractivity contribution in [2.75, 3.05) is 11.9 Å². The number of anilines is 1. The Morgan fingerprint density at radius 1 is 1.36 bits per heavy atom. The molecule has 0 aliphatic heterocycles. The molecule has 2 aromatic rings. The van der Waals surface area contributed by atoms with Gasteiger partial charge in [0.05, 0.1) is 12.5 Å². The maximum absolute atomic E-state index is 12.6. The highest BCUT2D eigenvalue weighted by Crippen LogP contribution is 2.46. The first-order valence-electron chi connectivity index (χ1n) is 9.02. The summed E-state index contributed by atoms with van der Waals surface area (Å²) in [7, 11) is 0. The Labute approximate surface area is 151 Å². The van der Waals surface area contributed by atoms with Crippen LogP contribution in [0.2, 0.25) is 5.28 Å². The summed E-state index contributed by atoms with van der Waals surface area (Å²) in [5.74, 6) is 1.35. The van der Waals surface area contributed by atoms with E-state index in [9.17, 15) is 4.79 Å². The molecule has 25 heavy (non-hydrogen) atoms. The Morgan fingerprint density at radius 2 is 2.08 bits per heavy atom. The third-order valence-corrected chi connectivity index (χ3v) is 5.82. The van der Waals surface area contributed by atoms with E-state index in [1.807, 2.05) is 26.1 Å². The van der Waals surface area contributed by atoms with Crippen molar-refractivity contribution in [2.45, 2.75) is 45.6 Å². The van der Waals surface area contributed by atoms with Crippen molar-refractivity contribution >= 4 is 28.9 Å². The average Bonchev–Trinajstić information content (AvgIpc) is 2.96. The molecule has 0 spiro atoms.